The summed E-state index contributed by atoms with van der Waals surface area (Å²) < 4.78 is 17.5. The van der Waals surface area contributed by atoms with Crippen LogP contribution in [-0.4, -0.2) is 149 Å². The van der Waals surface area contributed by atoms with E-state index in [-0.39, 0.29) is 80.7 Å². The number of aliphatic hydroxyl groups is 7. The third-order valence-corrected chi connectivity index (χ3v) is 13.8. The van der Waals surface area contributed by atoms with E-state index >= 15 is 0 Å². The number of carbonyl (C=O) groups is 6. The number of anilines is 1. The number of carboxylic acid groups (broad SMARTS) is 1. The van der Waals surface area contributed by atoms with Crippen molar-refractivity contribution in [3.05, 3.63) is 115 Å². The second-order valence-corrected chi connectivity index (χ2v) is 20.7. The van der Waals surface area contributed by atoms with Crippen molar-refractivity contribution in [2.45, 2.75) is 185 Å². The van der Waals surface area contributed by atoms with E-state index in [2.05, 4.69) is 0 Å². The second-order valence-electron chi connectivity index (χ2n) is 20.7. The number of esters is 1. The fraction of sp³-hybridized carbons (Fsp3) is 0.559. The van der Waals surface area contributed by atoms with E-state index in [0.29, 0.717) is 17.7 Å². The van der Waals surface area contributed by atoms with Crippen molar-refractivity contribution in [3.63, 3.8) is 0 Å². The zero-order valence-corrected chi connectivity index (χ0v) is 45.2. The van der Waals surface area contributed by atoms with Crippen LogP contribution in [0.1, 0.15) is 122 Å². The number of nitrogens with two attached hydrogens (primary N) is 2. The maximum Gasteiger partial charge on any atom is 0.313 e. The third-order valence-electron chi connectivity index (χ3n) is 13.8. The number of hydrogen-bond donors (Lipinski definition) is 10. The Bertz CT molecular complexity index is 2270. The number of carbonyl (C=O) groups excluding carboxylic acids is 5. The monoisotopic (exact) mass is 1090 g/mol. The number of nitrogen functional groups attached to an aromatic ring is 1. The fourth-order valence-electron chi connectivity index (χ4n) is 9.27. The molecule has 0 amide bonds. The summed E-state index contributed by atoms with van der Waals surface area (Å²) in [6.07, 6.45) is 8.45. The van der Waals surface area contributed by atoms with Gasteiger partial charge >= 0.3 is 11.9 Å². The number of rotatable bonds is 10. The topological polar surface area (TPSA) is 344 Å². The maximum absolute atomic E-state index is 13.3. The number of ether oxygens (including phenoxy) is 3. The molecule has 1 aromatic rings. The van der Waals surface area contributed by atoms with Gasteiger partial charge in [-0.2, -0.15) is 0 Å². The molecule has 0 saturated carbocycles. The van der Waals surface area contributed by atoms with Gasteiger partial charge in [0.25, 0.3) is 0 Å². The molecule has 16 atom stereocenters. The van der Waals surface area contributed by atoms with Crippen LogP contribution in [0, 0.1) is 23.7 Å². The molecular formula is C59H84N2O17. The molecule has 3 rings (SSSR count). The molecule has 1 aromatic carbocycles. The van der Waals surface area contributed by atoms with E-state index in [9.17, 15) is 69.6 Å². The summed E-state index contributed by atoms with van der Waals surface area (Å²) in [5, 5.41) is 85.4. The number of hydrogen-bond acceptors (Lipinski definition) is 18. The highest BCUT2D eigenvalue weighted by molar-refractivity contribution is 5.97. The number of benzene rings is 1. The molecule has 1 saturated heterocycles. The summed E-state index contributed by atoms with van der Waals surface area (Å²) >= 11 is 0. The van der Waals surface area contributed by atoms with Gasteiger partial charge in [0.15, 0.2) is 12.1 Å². The van der Waals surface area contributed by atoms with Crippen LogP contribution in [0.5, 0.6) is 0 Å². The van der Waals surface area contributed by atoms with E-state index in [1.165, 1.54) is 19.1 Å². The number of aliphatic hydroxyl groups excluding tert-OH is 7. The van der Waals surface area contributed by atoms with Crippen LogP contribution in [0.3, 0.4) is 0 Å². The van der Waals surface area contributed by atoms with Crippen molar-refractivity contribution in [2.75, 3.05) is 5.73 Å². The van der Waals surface area contributed by atoms with Gasteiger partial charge in [0, 0.05) is 62.1 Å². The van der Waals surface area contributed by atoms with E-state index in [1.807, 2.05) is 26.8 Å². The lowest BCUT2D eigenvalue weighted by Crippen LogP contribution is -2.61. The van der Waals surface area contributed by atoms with Crippen LogP contribution in [0.4, 0.5) is 5.69 Å². The van der Waals surface area contributed by atoms with Gasteiger partial charge in [-0.15, -0.1) is 0 Å². The minimum Gasteiger partial charge on any atom is -0.481 e. The van der Waals surface area contributed by atoms with Gasteiger partial charge in [0.2, 0.25) is 0 Å². The normalized spacial score (nSPS) is 34.0. The Morgan fingerprint density at radius 2 is 1.24 bits per heavy atom. The van der Waals surface area contributed by atoms with Gasteiger partial charge in [0.05, 0.1) is 54.9 Å². The Kier molecular flexibility index (Phi) is 30.0. The number of carboxylic acids is 1. The van der Waals surface area contributed by atoms with Gasteiger partial charge in [-0.25, -0.2) is 0 Å². The zero-order valence-electron chi connectivity index (χ0n) is 45.2. The summed E-state index contributed by atoms with van der Waals surface area (Å²) in [5.74, 6) is -6.97. The molecule has 0 radical (unpaired) electrons. The summed E-state index contributed by atoms with van der Waals surface area (Å²) in [6.45, 7) is 7.07. The minimum absolute atomic E-state index is 0.0275. The molecule has 19 nitrogen and oxygen atoms in total. The Balaban J connectivity index is 1.81. The highest BCUT2D eigenvalue weighted by Gasteiger charge is 2.43. The van der Waals surface area contributed by atoms with Crippen molar-refractivity contribution in [3.8, 4) is 0 Å². The summed E-state index contributed by atoms with van der Waals surface area (Å²) in [7, 11) is 0. The van der Waals surface area contributed by atoms with Crippen LogP contribution in [0.15, 0.2) is 109 Å². The Hall–Kier alpha value is -5.58. The van der Waals surface area contributed by atoms with Crippen LogP contribution >= 0.6 is 0 Å². The van der Waals surface area contributed by atoms with Crippen LogP contribution in [0.2, 0.25) is 0 Å². The van der Waals surface area contributed by atoms with Crippen LogP contribution < -0.4 is 11.5 Å². The van der Waals surface area contributed by atoms with Gasteiger partial charge in [-0.05, 0) is 75.1 Å². The molecule has 16 unspecified atom stereocenters. The quantitative estimate of drug-likeness (QED) is 0.0660. The molecule has 19 heteroatoms. The first-order valence-corrected chi connectivity index (χ1v) is 26.8. The van der Waals surface area contributed by atoms with Crippen molar-refractivity contribution < 1.29 is 83.8 Å². The van der Waals surface area contributed by atoms with Gasteiger partial charge < -0.3 is 66.5 Å². The average Bonchev–Trinajstić information content (AvgIpc) is 3.39. The molecule has 0 aromatic heterocycles. The molecule has 432 valence electrons. The minimum atomic E-state index is -1.88. The molecule has 0 aliphatic carbocycles. The van der Waals surface area contributed by atoms with E-state index in [4.69, 9.17) is 25.7 Å². The molecule has 2 heterocycles. The van der Waals surface area contributed by atoms with Crippen molar-refractivity contribution in [1.29, 1.82) is 0 Å². The number of aliphatic carboxylic acids is 1. The molecular weight excluding hydrogens is 1010 g/mol. The first-order valence-electron chi connectivity index (χ1n) is 26.8. The second kappa shape index (κ2) is 35.1. The standard InChI is InChI=1S/C59H84N2O17/c1-36-19-15-13-11-9-7-5-6-8-10-12-14-16-24-47(77-59-56(73)54(61)55(72)39(4)76-59)34-51(70)53(58(74)75)50(69)32-46(66)31-44(64)22-17-20-42(62)30-43(63)21-18-23-45(65)33-52(71)78-57(36)38(3)29-37(2)48(67)35-49(68)40-25-27-41(60)28-26-40/h5-16,19,24-28,36-39,42,44,47-48,50-51,53-57,59,62,64,67,69-70,72-73H,17-18,20-23,29-35,60-61H2,1-4H3,(H,74,75)/b6-5+,9-7+,10-8+,13-11+,14-12+,19-15-,24-16+. The molecule has 2 aliphatic heterocycles. The molecule has 2 aliphatic rings. The van der Waals surface area contributed by atoms with Crippen molar-refractivity contribution >= 4 is 40.8 Å². The summed E-state index contributed by atoms with van der Waals surface area (Å²) in [6, 6.07) is 5.29. The summed E-state index contributed by atoms with van der Waals surface area (Å²) in [5.41, 5.74) is 12.7. The van der Waals surface area contributed by atoms with Crippen LogP contribution in [-0.2, 0) is 38.2 Å². The van der Waals surface area contributed by atoms with E-state index in [1.54, 1.807) is 91.1 Å². The molecule has 0 spiro atoms. The van der Waals surface area contributed by atoms with Crippen molar-refractivity contribution in [2.24, 2.45) is 29.4 Å². The maximum atomic E-state index is 13.3. The van der Waals surface area contributed by atoms with Crippen LogP contribution in [0.25, 0.3) is 0 Å². The van der Waals surface area contributed by atoms with Gasteiger partial charge in [0.1, 0.15) is 41.9 Å². The Labute approximate surface area is 457 Å². The zero-order chi connectivity index (χ0) is 57.9. The lowest BCUT2D eigenvalue weighted by Gasteiger charge is -2.41. The Morgan fingerprint density at radius 3 is 1.82 bits per heavy atom. The smallest absolute Gasteiger partial charge is 0.313 e. The molecule has 1 fully saturated rings. The summed E-state index contributed by atoms with van der Waals surface area (Å²) in [4.78, 5) is 77.2. The lowest BCUT2D eigenvalue weighted by atomic mass is 9.83. The fourth-order valence-corrected chi connectivity index (χ4v) is 9.27. The number of cyclic esters (lactones) is 1. The number of Topliss-reactive ketones (excluding diaryl/α,β-unsaturated/α-hetero) is 4. The first kappa shape index (κ1) is 66.7. The SMILES string of the molecule is CC1\C=C/C=C/C=C/C=C/C=C/C=C/C=C/C(OC2OC(C)C(O)C(N)C2O)CC(O)C(C(=O)O)C(O)CC(=O)CC(O)CCCC(O)CC(=O)CCCC(=O)CC(=O)OC1C(C)CC(C)C(O)CC(=O)c1ccc(N)cc1. The number of allylic oxidation sites excluding steroid dienone is 12. The lowest BCUT2D eigenvalue weighted by molar-refractivity contribution is -0.277. The molecule has 0 bridgehead atoms. The molecule has 12 N–H and O–H groups in total. The number of ketones is 4. The largest absolute Gasteiger partial charge is 0.481 e. The van der Waals surface area contributed by atoms with Gasteiger partial charge in [-0.1, -0.05) is 106 Å². The molecule has 78 heavy (non-hydrogen) atoms. The first-order chi connectivity index (χ1) is 37.0. The van der Waals surface area contributed by atoms with Gasteiger partial charge in [-0.3, -0.25) is 28.8 Å². The van der Waals surface area contributed by atoms with E-state index in [0.717, 1.165) is 0 Å². The van der Waals surface area contributed by atoms with E-state index < -0.39 is 128 Å². The van der Waals surface area contributed by atoms with Crippen molar-refractivity contribution in [1.82, 2.24) is 0 Å². The predicted octanol–water partition coefficient (Wildman–Crippen LogP) is 4.64. The highest BCUT2D eigenvalue weighted by atomic mass is 16.7. The highest BCUT2D eigenvalue weighted by Crippen LogP contribution is 2.29. The Morgan fingerprint density at radius 1 is 0.705 bits per heavy atom. The predicted molar refractivity (Wildman–Crippen MR) is 292 cm³/mol. The average molecular weight is 1090 g/mol. The third kappa shape index (κ3) is 24.6.